The van der Waals surface area contributed by atoms with Crippen molar-refractivity contribution in [3.63, 3.8) is 0 Å². The molecular formula is C13H21N3O2S. The maximum atomic E-state index is 11.9. The molecule has 0 atom stereocenters. The second kappa shape index (κ2) is 5.77. The highest BCUT2D eigenvalue weighted by molar-refractivity contribution is 7.15. The summed E-state index contributed by atoms with van der Waals surface area (Å²) in [6.07, 6.45) is 0.537. The van der Waals surface area contributed by atoms with Gasteiger partial charge in [-0.15, -0.1) is 11.3 Å². The zero-order chi connectivity index (χ0) is 14.0. The van der Waals surface area contributed by atoms with E-state index in [1.807, 2.05) is 13.8 Å². The maximum Gasteiger partial charge on any atom is 0.410 e. The van der Waals surface area contributed by atoms with E-state index in [4.69, 9.17) is 4.74 Å². The van der Waals surface area contributed by atoms with E-state index in [1.165, 1.54) is 4.88 Å². The molecule has 1 aliphatic heterocycles. The van der Waals surface area contributed by atoms with Crippen molar-refractivity contribution in [2.75, 3.05) is 11.9 Å². The van der Waals surface area contributed by atoms with Gasteiger partial charge in [-0.25, -0.2) is 9.78 Å². The predicted octanol–water partition coefficient (Wildman–Crippen LogP) is 2.87. The Hall–Kier alpha value is -1.30. The number of carbonyl (C=O) groups excluding carboxylic acids is 1. The van der Waals surface area contributed by atoms with Crippen LogP contribution in [0.1, 0.15) is 38.3 Å². The molecule has 19 heavy (non-hydrogen) atoms. The van der Waals surface area contributed by atoms with Crippen LogP contribution in [0.4, 0.5) is 9.93 Å². The molecule has 0 bridgehead atoms. The van der Waals surface area contributed by atoms with Crippen LogP contribution in [0, 0.1) is 0 Å². The molecule has 1 aliphatic rings. The van der Waals surface area contributed by atoms with Crippen LogP contribution in [0.2, 0.25) is 0 Å². The standard InChI is InChI=1S/C13H21N3O2S/c1-8(2)14-12-15-10-7-16(6-5-11(10)19-12)13(17)18-9(3)4/h8-9H,5-7H2,1-4H3,(H,14,15). The van der Waals surface area contributed by atoms with Crippen molar-refractivity contribution in [1.29, 1.82) is 0 Å². The lowest BCUT2D eigenvalue weighted by Crippen LogP contribution is -2.37. The van der Waals surface area contributed by atoms with Gasteiger partial charge in [0.25, 0.3) is 0 Å². The lowest BCUT2D eigenvalue weighted by atomic mass is 10.2. The highest BCUT2D eigenvalue weighted by Crippen LogP contribution is 2.28. The topological polar surface area (TPSA) is 54.5 Å². The molecule has 0 spiro atoms. The van der Waals surface area contributed by atoms with Crippen molar-refractivity contribution in [2.24, 2.45) is 0 Å². The van der Waals surface area contributed by atoms with Crippen LogP contribution in [-0.2, 0) is 17.7 Å². The largest absolute Gasteiger partial charge is 0.447 e. The summed E-state index contributed by atoms with van der Waals surface area (Å²) in [4.78, 5) is 19.4. The fourth-order valence-corrected chi connectivity index (χ4v) is 3.04. The number of fused-ring (bicyclic) bond motifs is 1. The van der Waals surface area contributed by atoms with Crippen LogP contribution in [0.25, 0.3) is 0 Å². The number of rotatable bonds is 3. The van der Waals surface area contributed by atoms with E-state index >= 15 is 0 Å². The first-order valence-electron chi connectivity index (χ1n) is 6.66. The summed E-state index contributed by atoms with van der Waals surface area (Å²) >= 11 is 1.69. The van der Waals surface area contributed by atoms with E-state index in [0.29, 0.717) is 19.1 Å². The van der Waals surface area contributed by atoms with Gasteiger partial charge in [0, 0.05) is 23.9 Å². The zero-order valence-electron chi connectivity index (χ0n) is 11.9. The Morgan fingerprint density at radius 2 is 2.16 bits per heavy atom. The van der Waals surface area contributed by atoms with Crippen molar-refractivity contribution < 1.29 is 9.53 Å². The van der Waals surface area contributed by atoms with Crippen LogP contribution in [0.5, 0.6) is 0 Å². The Morgan fingerprint density at radius 1 is 1.42 bits per heavy atom. The maximum absolute atomic E-state index is 11.9. The van der Waals surface area contributed by atoms with E-state index in [2.05, 4.69) is 24.1 Å². The number of hydrogen-bond donors (Lipinski definition) is 1. The molecule has 0 unspecified atom stereocenters. The number of aromatic nitrogens is 1. The van der Waals surface area contributed by atoms with Crippen LogP contribution in [0.15, 0.2) is 0 Å². The molecule has 1 N–H and O–H groups in total. The number of anilines is 1. The van der Waals surface area contributed by atoms with Crippen molar-refractivity contribution in [3.8, 4) is 0 Å². The minimum absolute atomic E-state index is 0.0810. The van der Waals surface area contributed by atoms with Gasteiger partial charge < -0.3 is 15.0 Å². The first kappa shape index (κ1) is 14.1. The molecule has 0 aromatic carbocycles. The van der Waals surface area contributed by atoms with Crippen molar-refractivity contribution in [2.45, 2.75) is 52.8 Å². The lowest BCUT2D eigenvalue weighted by Gasteiger charge is -2.26. The first-order chi connectivity index (χ1) is 8.95. The van der Waals surface area contributed by atoms with Crippen LogP contribution in [-0.4, -0.2) is 34.7 Å². The summed E-state index contributed by atoms with van der Waals surface area (Å²) in [6, 6.07) is 0.370. The van der Waals surface area contributed by atoms with Gasteiger partial charge in [-0.1, -0.05) is 0 Å². The first-order valence-corrected chi connectivity index (χ1v) is 7.48. The van der Waals surface area contributed by atoms with E-state index in [9.17, 15) is 4.79 Å². The van der Waals surface area contributed by atoms with Gasteiger partial charge in [-0.2, -0.15) is 0 Å². The lowest BCUT2D eigenvalue weighted by molar-refractivity contribution is 0.0727. The summed E-state index contributed by atoms with van der Waals surface area (Å²) in [6.45, 7) is 9.17. The fraction of sp³-hybridized carbons (Fsp3) is 0.692. The van der Waals surface area contributed by atoms with E-state index in [-0.39, 0.29) is 12.2 Å². The summed E-state index contributed by atoms with van der Waals surface area (Å²) in [5.74, 6) is 0. The quantitative estimate of drug-likeness (QED) is 0.926. The van der Waals surface area contributed by atoms with E-state index < -0.39 is 0 Å². The third kappa shape index (κ3) is 3.59. The third-order valence-electron chi connectivity index (χ3n) is 2.73. The Morgan fingerprint density at radius 3 is 2.79 bits per heavy atom. The summed E-state index contributed by atoms with van der Waals surface area (Å²) in [5.41, 5.74) is 1.00. The smallest absolute Gasteiger partial charge is 0.410 e. The molecule has 2 heterocycles. The normalized spacial score (nSPS) is 14.7. The molecule has 1 amide bonds. The molecule has 5 nitrogen and oxygen atoms in total. The molecule has 0 saturated carbocycles. The second-order valence-corrected chi connectivity index (χ2v) is 6.38. The number of thiazole rings is 1. The van der Waals surface area contributed by atoms with Gasteiger partial charge in [-0.05, 0) is 27.7 Å². The average Bonchev–Trinajstić information content (AvgIpc) is 2.67. The van der Waals surface area contributed by atoms with Gasteiger partial charge in [0.2, 0.25) is 0 Å². The van der Waals surface area contributed by atoms with E-state index in [0.717, 1.165) is 17.2 Å². The minimum atomic E-state index is -0.244. The predicted molar refractivity (Wildman–Crippen MR) is 76.6 cm³/mol. The average molecular weight is 283 g/mol. The molecule has 106 valence electrons. The number of nitrogens with zero attached hydrogens (tertiary/aromatic N) is 2. The van der Waals surface area contributed by atoms with Gasteiger partial charge in [0.15, 0.2) is 5.13 Å². The Kier molecular flexibility index (Phi) is 4.29. The fourth-order valence-electron chi connectivity index (χ4n) is 1.94. The molecule has 0 aliphatic carbocycles. The summed E-state index contributed by atoms with van der Waals surface area (Å²) < 4.78 is 5.22. The van der Waals surface area contributed by atoms with Crippen molar-refractivity contribution in [1.82, 2.24) is 9.88 Å². The molecule has 2 rings (SSSR count). The molecule has 0 saturated heterocycles. The Labute approximate surface area is 118 Å². The van der Waals surface area contributed by atoms with Crippen LogP contribution in [0.3, 0.4) is 0 Å². The third-order valence-corrected chi connectivity index (χ3v) is 3.82. The monoisotopic (exact) mass is 283 g/mol. The Balaban J connectivity index is 2.03. The number of ether oxygens (including phenoxy) is 1. The summed E-state index contributed by atoms with van der Waals surface area (Å²) in [5, 5.41) is 4.25. The summed E-state index contributed by atoms with van der Waals surface area (Å²) in [7, 11) is 0. The van der Waals surface area contributed by atoms with Gasteiger partial charge in [0.05, 0.1) is 18.3 Å². The van der Waals surface area contributed by atoms with Crippen LogP contribution >= 0.6 is 11.3 Å². The van der Waals surface area contributed by atoms with Gasteiger partial charge >= 0.3 is 6.09 Å². The highest BCUT2D eigenvalue weighted by atomic mass is 32.1. The number of amides is 1. The molecule has 1 aromatic heterocycles. The number of nitrogens with one attached hydrogen (secondary N) is 1. The van der Waals surface area contributed by atoms with Crippen molar-refractivity contribution in [3.05, 3.63) is 10.6 Å². The van der Waals surface area contributed by atoms with Gasteiger partial charge in [-0.3, -0.25) is 0 Å². The minimum Gasteiger partial charge on any atom is -0.447 e. The van der Waals surface area contributed by atoms with Crippen LogP contribution < -0.4 is 5.32 Å². The number of carbonyl (C=O) groups is 1. The van der Waals surface area contributed by atoms with E-state index in [1.54, 1.807) is 16.2 Å². The molecule has 6 heteroatoms. The Bertz CT molecular complexity index is 457. The molecular weight excluding hydrogens is 262 g/mol. The second-order valence-electron chi connectivity index (χ2n) is 5.29. The van der Waals surface area contributed by atoms with Gasteiger partial charge in [0.1, 0.15) is 0 Å². The molecule has 1 aromatic rings. The number of hydrogen-bond acceptors (Lipinski definition) is 5. The highest BCUT2D eigenvalue weighted by Gasteiger charge is 2.25. The molecule has 0 fully saturated rings. The zero-order valence-corrected chi connectivity index (χ0v) is 12.7. The molecule has 0 radical (unpaired) electrons. The SMILES string of the molecule is CC(C)Nc1nc2c(s1)CCN(C(=O)OC(C)C)C2. The van der Waals surface area contributed by atoms with Crippen molar-refractivity contribution >= 4 is 22.6 Å².